The van der Waals surface area contributed by atoms with E-state index in [0.717, 1.165) is 16.7 Å². The molecular formula is C23H23BN2O4. The fourth-order valence-corrected chi connectivity index (χ4v) is 3.97. The number of hydrogen-bond donors (Lipinski definition) is 4. The molecule has 0 atom stereocenters. The largest absolute Gasteiger partial charge is 0.488 e. The Bertz CT molecular complexity index is 1050. The summed E-state index contributed by atoms with van der Waals surface area (Å²) in [6.07, 6.45) is -0.537. The third-order valence-corrected chi connectivity index (χ3v) is 5.64. The van der Waals surface area contributed by atoms with Gasteiger partial charge in [-0.2, -0.15) is 0 Å². The molecule has 0 bridgehead atoms. The molecule has 1 aliphatic carbocycles. The van der Waals surface area contributed by atoms with Gasteiger partial charge in [0.25, 0.3) is 0 Å². The molecule has 5 N–H and O–H groups in total. The first-order valence-electron chi connectivity index (χ1n) is 9.79. The number of amides is 1. The van der Waals surface area contributed by atoms with Crippen LogP contribution in [0.5, 0.6) is 0 Å². The maximum Gasteiger partial charge on any atom is 0.488 e. The highest BCUT2D eigenvalue weighted by molar-refractivity contribution is 6.58. The summed E-state index contributed by atoms with van der Waals surface area (Å²) in [5, 5.41) is 21.5. The monoisotopic (exact) mass is 402 g/mol. The van der Waals surface area contributed by atoms with E-state index in [1.165, 1.54) is 17.2 Å². The number of fused-ring (bicyclic) bond motifs is 3. The second kappa shape index (κ2) is 8.22. The zero-order valence-electron chi connectivity index (χ0n) is 16.6. The lowest BCUT2D eigenvalue weighted by atomic mass is 9.78. The third-order valence-electron chi connectivity index (χ3n) is 5.64. The smallest absolute Gasteiger partial charge is 0.449 e. The van der Waals surface area contributed by atoms with Crippen molar-refractivity contribution in [3.05, 3.63) is 82.9 Å². The number of ether oxygens (including phenoxy) is 1. The molecule has 1 aliphatic rings. The molecule has 0 saturated carbocycles. The molecule has 0 aromatic heterocycles. The number of nitrogens with two attached hydrogens (primary N) is 1. The van der Waals surface area contributed by atoms with Gasteiger partial charge in [0, 0.05) is 18.2 Å². The van der Waals surface area contributed by atoms with Crippen molar-refractivity contribution in [2.75, 3.05) is 12.3 Å². The zero-order chi connectivity index (χ0) is 21.3. The number of benzene rings is 3. The van der Waals surface area contributed by atoms with Crippen molar-refractivity contribution in [3.63, 3.8) is 0 Å². The van der Waals surface area contributed by atoms with E-state index in [4.69, 9.17) is 10.5 Å². The van der Waals surface area contributed by atoms with E-state index in [1.807, 2.05) is 31.2 Å². The average Bonchev–Trinajstić information content (AvgIpc) is 3.07. The Hall–Kier alpha value is -3.29. The maximum atomic E-state index is 12.3. The van der Waals surface area contributed by atoms with Crippen LogP contribution in [0.2, 0.25) is 0 Å². The molecule has 0 unspecified atom stereocenters. The minimum Gasteiger partial charge on any atom is -0.449 e. The van der Waals surface area contributed by atoms with Crippen LogP contribution in [-0.2, 0) is 11.3 Å². The quantitative estimate of drug-likeness (QED) is 0.387. The van der Waals surface area contributed by atoms with Gasteiger partial charge >= 0.3 is 13.2 Å². The van der Waals surface area contributed by atoms with E-state index in [0.29, 0.717) is 11.3 Å². The summed E-state index contributed by atoms with van der Waals surface area (Å²) in [6.45, 7) is 2.22. The van der Waals surface area contributed by atoms with Crippen LogP contribution in [0.4, 0.5) is 10.5 Å². The number of anilines is 1. The van der Waals surface area contributed by atoms with Gasteiger partial charge in [0.2, 0.25) is 0 Å². The summed E-state index contributed by atoms with van der Waals surface area (Å²) in [7, 11) is -1.62. The summed E-state index contributed by atoms with van der Waals surface area (Å²) in [5.41, 5.74) is 12.8. The van der Waals surface area contributed by atoms with E-state index >= 15 is 0 Å². The van der Waals surface area contributed by atoms with Crippen molar-refractivity contribution < 1.29 is 19.6 Å². The molecule has 6 nitrogen and oxygen atoms in total. The van der Waals surface area contributed by atoms with Gasteiger partial charge in [-0.25, -0.2) is 4.79 Å². The van der Waals surface area contributed by atoms with Crippen molar-refractivity contribution in [2.45, 2.75) is 19.4 Å². The minimum absolute atomic E-state index is 0.00612. The zero-order valence-corrected chi connectivity index (χ0v) is 16.6. The molecule has 1 amide bonds. The number of carbonyl (C=O) groups excluding carboxylic acids is 1. The van der Waals surface area contributed by atoms with E-state index in [-0.39, 0.29) is 24.5 Å². The molecule has 0 fully saturated rings. The normalized spacial score (nSPS) is 12.2. The molecule has 0 aliphatic heterocycles. The Balaban J connectivity index is 1.43. The lowest BCUT2D eigenvalue weighted by Gasteiger charge is -2.16. The lowest BCUT2D eigenvalue weighted by molar-refractivity contribution is 0.142. The van der Waals surface area contributed by atoms with Crippen LogP contribution in [0.25, 0.3) is 11.1 Å². The summed E-state index contributed by atoms with van der Waals surface area (Å²) in [6, 6.07) is 19.4. The van der Waals surface area contributed by atoms with Crippen LogP contribution in [0.15, 0.2) is 60.7 Å². The van der Waals surface area contributed by atoms with Crippen LogP contribution >= 0.6 is 0 Å². The lowest BCUT2D eigenvalue weighted by Crippen LogP contribution is -2.32. The first-order chi connectivity index (χ1) is 14.5. The number of alkyl carbamates (subject to hydrolysis) is 1. The van der Waals surface area contributed by atoms with Gasteiger partial charge in [-0.05, 0) is 51.8 Å². The van der Waals surface area contributed by atoms with Crippen molar-refractivity contribution in [2.24, 2.45) is 0 Å². The van der Waals surface area contributed by atoms with Crippen molar-refractivity contribution in [1.29, 1.82) is 0 Å². The predicted molar refractivity (Wildman–Crippen MR) is 117 cm³/mol. The number of rotatable bonds is 5. The summed E-state index contributed by atoms with van der Waals surface area (Å²) in [4.78, 5) is 12.3. The first kappa shape index (κ1) is 20.0. The topological polar surface area (TPSA) is 105 Å². The maximum absolute atomic E-state index is 12.3. The second-order valence-electron chi connectivity index (χ2n) is 7.45. The fraction of sp³-hybridized carbons (Fsp3) is 0.174. The van der Waals surface area contributed by atoms with Gasteiger partial charge in [-0.15, -0.1) is 0 Å². The molecule has 0 heterocycles. The van der Waals surface area contributed by atoms with Crippen molar-refractivity contribution >= 4 is 24.4 Å². The third kappa shape index (κ3) is 3.77. The van der Waals surface area contributed by atoms with Gasteiger partial charge in [-0.1, -0.05) is 54.6 Å². The van der Waals surface area contributed by atoms with Crippen molar-refractivity contribution in [3.8, 4) is 11.1 Å². The molecule has 3 aromatic carbocycles. The minimum atomic E-state index is -1.62. The second-order valence-corrected chi connectivity index (χ2v) is 7.45. The summed E-state index contributed by atoms with van der Waals surface area (Å²) in [5.74, 6) is -0.00612. The molecule has 0 saturated heterocycles. The standard InChI is InChI=1S/C23H23BN2O4/c1-14-15(10-16(24(28)29)11-22(14)25)12-26-23(27)30-13-21-19-8-4-2-6-17(19)18-7-3-5-9-20(18)21/h2-11,21,28-29H,12-13,25H2,1H3,(H,26,27). The molecule has 7 heteroatoms. The van der Waals surface area contributed by atoms with Gasteiger partial charge in [0.15, 0.2) is 0 Å². The van der Waals surface area contributed by atoms with Gasteiger partial charge < -0.3 is 25.8 Å². The molecular weight excluding hydrogens is 379 g/mol. The van der Waals surface area contributed by atoms with Crippen LogP contribution in [-0.4, -0.2) is 29.9 Å². The van der Waals surface area contributed by atoms with Crippen molar-refractivity contribution in [1.82, 2.24) is 5.32 Å². The average molecular weight is 402 g/mol. The van der Waals surface area contributed by atoms with E-state index in [2.05, 4.69) is 29.6 Å². The number of nitrogens with one attached hydrogen (secondary N) is 1. The highest BCUT2D eigenvalue weighted by Gasteiger charge is 2.29. The van der Waals surface area contributed by atoms with Gasteiger partial charge in [0.05, 0.1) is 0 Å². The number of hydrogen-bond acceptors (Lipinski definition) is 5. The Morgan fingerprint density at radius 1 is 1.07 bits per heavy atom. The molecule has 152 valence electrons. The first-order valence-corrected chi connectivity index (χ1v) is 9.79. The highest BCUT2D eigenvalue weighted by atomic mass is 16.5. The van der Waals surface area contributed by atoms with Gasteiger partial charge in [0.1, 0.15) is 6.61 Å². The Kier molecular flexibility index (Phi) is 5.48. The van der Waals surface area contributed by atoms with Gasteiger partial charge in [-0.3, -0.25) is 0 Å². The van der Waals surface area contributed by atoms with E-state index in [9.17, 15) is 14.8 Å². The molecule has 3 aromatic rings. The highest BCUT2D eigenvalue weighted by Crippen LogP contribution is 2.44. The van der Waals surface area contributed by atoms with Crippen LogP contribution in [0.1, 0.15) is 28.2 Å². The molecule has 0 spiro atoms. The Labute approximate surface area is 175 Å². The molecule has 30 heavy (non-hydrogen) atoms. The molecule has 4 rings (SSSR count). The molecule has 0 radical (unpaired) electrons. The van der Waals surface area contributed by atoms with Crippen LogP contribution in [0, 0.1) is 6.92 Å². The SMILES string of the molecule is Cc1c(N)cc(B(O)O)cc1CNC(=O)OCC1c2ccccc2-c2ccccc21. The predicted octanol–water partition coefficient (Wildman–Crippen LogP) is 2.30. The van der Waals surface area contributed by atoms with E-state index in [1.54, 1.807) is 6.07 Å². The van der Waals surface area contributed by atoms with E-state index < -0.39 is 13.2 Å². The van der Waals surface area contributed by atoms with Crippen LogP contribution < -0.4 is 16.5 Å². The Morgan fingerprint density at radius 3 is 2.27 bits per heavy atom. The Morgan fingerprint density at radius 2 is 1.67 bits per heavy atom. The summed E-state index contributed by atoms with van der Waals surface area (Å²) < 4.78 is 5.53. The number of nitrogen functional groups attached to an aromatic ring is 1. The number of carbonyl (C=O) groups is 1. The fourth-order valence-electron chi connectivity index (χ4n) is 3.97. The van der Waals surface area contributed by atoms with Crippen LogP contribution in [0.3, 0.4) is 0 Å². The summed E-state index contributed by atoms with van der Waals surface area (Å²) >= 11 is 0.